The van der Waals surface area contributed by atoms with E-state index in [1.807, 2.05) is 12.1 Å². The monoisotopic (exact) mass is 401 g/mol. The van der Waals surface area contributed by atoms with Crippen LogP contribution in [0.4, 0.5) is 10.2 Å². The van der Waals surface area contributed by atoms with E-state index in [0.717, 1.165) is 60.8 Å². The normalized spacial score (nSPS) is 15.1. The Kier molecular flexibility index (Phi) is 4.91. The van der Waals surface area contributed by atoms with Gasteiger partial charge in [-0.1, -0.05) is 19.1 Å². The summed E-state index contributed by atoms with van der Waals surface area (Å²) in [6.45, 7) is 4.04. The molecule has 1 aliphatic rings. The van der Waals surface area contributed by atoms with E-state index in [-0.39, 0.29) is 5.82 Å². The van der Waals surface area contributed by atoms with E-state index in [1.165, 1.54) is 17.6 Å². The van der Waals surface area contributed by atoms with Crippen LogP contribution < -0.4 is 4.90 Å². The van der Waals surface area contributed by atoms with Crippen molar-refractivity contribution in [3.05, 3.63) is 72.3 Å². The van der Waals surface area contributed by atoms with E-state index in [0.29, 0.717) is 6.04 Å². The summed E-state index contributed by atoms with van der Waals surface area (Å²) in [4.78, 5) is 7.13. The largest absolute Gasteiger partial charge is 0.355 e. The molecule has 1 fully saturated rings. The van der Waals surface area contributed by atoms with Crippen molar-refractivity contribution < 1.29 is 4.39 Å². The highest BCUT2D eigenvalue weighted by atomic mass is 19.1. The number of benzene rings is 2. The average molecular weight is 401 g/mol. The molecule has 0 atom stereocenters. The molecule has 0 unspecified atom stereocenters. The number of anilines is 1. The molecule has 0 radical (unpaired) electrons. The molecule has 4 aromatic rings. The standard InChI is InChI=1S/C24H24FN5/c1-2-23-26-21-5-3-4-6-22(21)30(23)19-13-15-29(16-14-19)24-12-11-20(27-28-24)17-7-9-18(25)10-8-17/h3-12,19H,2,13-16H2,1H3. The number of hydrogen-bond donors (Lipinski definition) is 0. The van der Waals surface area contributed by atoms with Gasteiger partial charge in [0, 0.05) is 31.1 Å². The molecule has 0 saturated carbocycles. The Morgan fingerprint density at radius 1 is 0.933 bits per heavy atom. The van der Waals surface area contributed by atoms with Crippen LogP contribution in [0.25, 0.3) is 22.3 Å². The smallest absolute Gasteiger partial charge is 0.151 e. The van der Waals surface area contributed by atoms with E-state index in [1.54, 1.807) is 12.1 Å². The summed E-state index contributed by atoms with van der Waals surface area (Å²) in [5, 5.41) is 8.80. The molecule has 5 rings (SSSR count). The second-order valence-electron chi connectivity index (χ2n) is 7.74. The molecule has 0 amide bonds. The van der Waals surface area contributed by atoms with Gasteiger partial charge in [-0.25, -0.2) is 9.37 Å². The predicted octanol–water partition coefficient (Wildman–Crippen LogP) is 5.04. The zero-order chi connectivity index (χ0) is 20.5. The number of halogens is 1. The van der Waals surface area contributed by atoms with Crippen molar-refractivity contribution in [1.82, 2.24) is 19.7 Å². The summed E-state index contributed by atoms with van der Waals surface area (Å²) >= 11 is 0. The van der Waals surface area contributed by atoms with Gasteiger partial charge in [0.25, 0.3) is 0 Å². The summed E-state index contributed by atoms with van der Waals surface area (Å²) < 4.78 is 15.6. The number of rotatable bonds is 4. The van der Waals surface area contributed by atoms with Crippen molar-refractivity contribution in [2.75, 3.05) is 18.0 Å². The summed E-state index contributed by atoms with van der Waals surface area (Å²) in [6.07, 6.45) is 3.04. The van der Waals surface area contributed by atoms with Gasteiger partial charge in [-0.3, -0.25) is 0 Å². The van der Waals surface area contributed by atoms with Gasteiger partial charge in [-0.05, 0) is 61.4 Å². The molecular weight excluding hydrogens is 377 g/mol. The molecule has 2 aromatic carbocycles. The van der Waals surface area contributed by atoms with Crippen LogP contribution in [0.1, 0.15) is 31.6 Å². The van der Waals surface area contributed by atoms with Crippen LogP contribution in [0, 0.1) is 5.82 Å². The fourth-order valence-electron chi connectivity index (χ4n) is 4.37. The van der Waals surface area contributed by atoms with Gasteiger partial charge >= 0.3 is 0 Å². The molecule has 1 aliphatic heterocycles. The number of piperidine rings is 1. The third-order valence-corrected chi connectivity index (χ3v) is 5.93. The van der Waals surface area contributed by atoms with E-state index >= 15 is 0 Å². The SMILES string of the molecule is CCc1nc2ccccc2n1C1CCN(c2ccc(-c3ccc(F)cc3)nn2)CC1. The first kappa shape index (κ1) is 18.7. The first-order valence-corrected chi connectivity index (χ1v) is 10.5. The maximum absolute atomic E-state index is 13.1. The third-order valence-electron chi connectivity index (χ3n) is 5.93. The molecule has 0 spiro atoms. The van der Waals surface area contributed by atoms with Gasteiger partial charge in [0.1, 0.15) is 11.6 Å². The first-order valence-electron chi connectivity index (χ1n) is 10.5. The van der Waals surface area contributed by atoms with E-state index in [4.69, 9.17) is 4.98 Å². The number of imidazole rings is 1. The molecule has 2 aromatic heterocycles. The fourth-order valence-corrected chi connectivity index (χ4v) is 4.37. The number of hydrogen-bond acceptors (Lipinski definition) is 4. The Morgan fingerprint density at radius 2 is 1.70 bits per heavy atom. The lowest BCUT2D eigenvalue weighted by Crippen LogP contribution is -2.35. The topological polar surface area (TPSA) is 46.8 Å². The average Bonchev–Trinajstić information content (AvgIpc) is 3.19. The lowest BCUT2D eigenvalue weighted by Gasteiger charge is -2.34. The Labute approximate surface area is 175 Å². The van der Waals surface area contributed by atoms with E-state index in [2.05, 4.69) is 50.9 Å². The zero-order valence-electron chi connectivity index (χ0n) is 17.0. The number of para-hydroxylation sites is 2. The maximum atomic E-state index is 13.1. The highest BCUT2D eigenvalue weighted by Crippen LogP contribution is 2.30. The predicted molar refractivity (Wildman–Crippen MR) is 117 cm³/mol. The van der Waals surface area contributed by atoms with Crippen LogP contribution in [0.3, 0.4) is 0 Å². The zero-order valence-corrected chi connectivity index (χ0v) is 17.0. The van der Waals surface area contributed by atoms with Crippen molar-refractivity contribution >= 4 is 16.9 Å². The van der Waals surface area contributed by atoms with Gasteiger partial charge in [0.15, 0.2) is 5.82 Å². The lowest BCUT2D eigenvalue weighted by atomic mass is 10.0. The molecule has 1 saturated heterocycles. The van der Waals surface area contributed by atoms with Crippen LogP contribution in [-0.2, 0) is 6.42 Å². The van der Waals surface area contributed by atoms with Crippen LogP contribution in [0.15, 0.2) is 60.7 Å². The molecular formula is C24H24FN5. The Morgan fingerprint density at radius 3 is 2.40 bits per heavy atom. The third kappa shape index (κ3) is 3.43. The van der Waals surface area contributed by atoms with Crippen LogP contribution in [0.5, 0.6) is 0 Å². The highest BCUT2D eigenvalue weighted by Gasteiger charge is 2.24. The maximum Gasteiger partial charge on any atom is 0.151 e. The second kappa shape index (κ2) is 7.86. The summed E-state index contributed by atoms with van der Waals surface area (Å²) in [5.41, 5.74) is 3.94. The van der Waals surface area contributed by atoms with Gasteiger partial charge in [0.05, 0.1) is 16.7 Å². The molecule has 3 heterocycles. The Balaban J connectivity index is 1.31. The van der Waals surface area contributed by atoms with Gasteiger partial charge in [0.2, 0.25) is 0 Å². The van der Waals surface area contributed by atoms with Gasteiger partial charge < -0.3 is 9.47 Å². The number of fused-ring (bicyclic) bond motifs is 1. The van der Waals surface area contributed by atoms with Gasteiger partial charge in [-0.15, -0.1) is 10.2 Å². The summed E-state index contributed by atoms with van der Waals surface area (Å²) in [6, 6.07) is 19.2. The fraction of sp³-hybridized carbons (Fsp3) is 0.292. The van der Waals surface area contributed by atoms with Crippen molar-refractivity contribution in [3.63, 3.8) is 0 Å². The minimum atomic E-state index is -0.247. The molecule has 6 heteroatoms. The molecule has 0 bridgehead atoms. The molecule has 30 heavy (non-hydrogen) atoms. The lowest BCUT2D eigenvalue weighted by molar-refractivity contribution is 0.393. The Bertz CT molecular complexity index is 1140. The highest BCUT2D eigenvalue weighted by molar-refractivity contribution is 5.76. The summed E-state index contributed by atoms with van der Waals surface area (Å²) in [5.74, 6) is 1.81. The quantitative estimate of drug-likeness (QED) is 0.481. The minimum absolute atomic E-state index is 0.247. The van der Waals surface area contributed by atoms with E-state index < -0.39 is 0 Å². The van der Waals surface area contributed by atoms with Crippen molar-refractivity contribution in [2.24, 2.45) is 0 Å². The molecule has 152 valence electrons. The van der Waals surface area contributed by atoms with Crippen molar-refractivity contribution in [1.29, 1.82) is 0 Å². The second-order valence-corrected chi connectivity index (χ2v) is 7.74. The summed E-state index contributed by atoms with van der Waals surface area (Å²) in [7, 11) is 0. The van der Waals surface area contributed by atoms with Crippen LogP contribution >= 0.6 is 0 Å². The van der Waals surface area contributed by atoms with Crippen LogP contribution in [0.2, 0.25) is 0 Å². The van der Waals surface area contributed by atoms with E-state index in [9.17, 15) is 4.39 Å². The number of nitrogens with zero attached hydrogens (tertiary/aromatic N) is 5. The molecule has 0 aliphatic carbocycles. The van der Waals surface area contributed by atoms with Gasteiger partial charge in [-0.2, -0.15) is 0 Å². The first-order chi connectivity index (χ1) is 14.7. The number of aromatic nitrogens is 4. The van der Waals surface area contributed by atoms with Crippen molar-refractivity contribution in [2.45, 2.75) is 32.2 Å². The number of aryl methyl sites for hydroxylation is 1. The van der Waals surface area contributed by atoms with Crippen LogP contribution in [-0.4, -0.2) is 32.8 Å². The minimum Gasteiger partial charge on any atom is -0.355 e. The molecule has 0 N–H and O–H groups in total. The Hall–Kier alpha value is -3.28. The molecule has 5 nitrogen and oxygen atoms in total. The van der Waals surface area contributed by atoms with Crippen molar-refractivity contribution in [3.8, 4) is 11.3 Å².